The fraction of sp³-hybridized carbons (Fsp3) is 0.0833. The summed E-state index contributed by atoms with van der Waals surface area (Å²) in [6.45, 7) is 0. The molecule has 0 spiro atoms. The van der Waals surface area contributed by atoms with Crippen LogP contribution in [-0.4, -0.2) is 15.0 Å². The van der Waals surface area contributed by atoms with Gasteiger partial charge in [0, 0.05) is 11.8 Å². The van der Waals surface area contributed by atoms with Crippen molar-refractivity contribution in [2.45, 2.75) is 6.18 Å². The Balaban J connectivity index is 2.10. The minimum Gasteiger partial charge on any atom is -0.443 e. The molecule has 2 heterocycles. The van der Waals surface area contributed by atoms with Gasteiger partial charge in [-0.05, 0) is 18.2 Å². The topological polar surface area (TPSA) is 51.8 Å². The molecular formula is C12H6F3N3O. The molecule has 0 amide bonds. The average molecular weight is 265 g/mol. The van der Waals surface area contributed by atoms with Gasteiger partial charge in [0.1, 0.15) is 5.52 Å². The first-order valence-corrected chi connectivity index (χ1v) is 5.28. The molecule has 0 atom stereocenters. The fourth-order valence-electron chi connectivity index (χ4n) is 1.67. The Kier molecular flexibility index (Phi) is 2.48. The van der Waals surface area contributed by atoms with Crippen molar-refractivity contribution < 1.29 is 17.6 Å². The van der Waals surface area contributed by atoms with Crippen LogP contribution in [0.1, 0.15) is 5.82 Å². The van der Waals surface area contributed by atoms with E-state index in [0.717, 1.165) is 6.20 Å². The predicted octanol–water partition coefficient (Wildman–Crippen LogP) is 3.30. The molecule has 0 aliphatic heterocycles. The van der Waals surface area contributed by atoms with Crippen LogP contribution in [0.4, 0.5) is 13.2 Å². The second-order valence-corrected chi connectivity index (χ2v) is 3.80. The quantitative estimate of drug-likeness (QED) is 0.677. The zero-order valence-corrected chi connectivity index (χ0v) is 9.35. The van der Waals surface area contributed by atoms with Crippen molar-refractivity contribution in [1.82, 2.24) is 15.0 Å². The first-order valence-electron chi connectivity index (χ1n) is 5.28. The number of halogens is 3. The van der Waals surface area contributed by atoms with E-state index in [4.69, 9.17) is 4.42 Å². The number of fused-ring (bicyclic) bond motifs is 1. The lowest BCUT2D eigenvalue weighted by molar-refractivity contribution is -0.144. The highest BCUT2D eigenvalue weighted by Crippen LogP contribution is 2.28. The summed E-state index contributed by atoms with van der Waals surface area (Å²) in [6, 6.07) is 6.29. The van der Waals surface area contributed by atoms with E-state index >= 15 is 0 Å². The minimum atomic E-state index is -4.56. The van der Waals surface area contributed by atoms with Crippen LogP contribution in [0.25, 0.3) is 22.4 Å². The van der Waals surface area contributed by atoms with Crippen LogP contribution in [0.15, 0.2) is 41.3 Å². The zero-order valence-electron chi connectivity index (χ0n) is 9.35. The van der Waals surface area contributed by atoms with Gasteiger partial charge in [-0.2, -0.15) is 13.2 Å². The van der Waals surface area contributed by atoms with E-state index in [9.17, 15) is 13.2 Å². The van der Waals surface area contributed by atoms with Gasteiger partial charge in [0.05, 0.1) is 5.69 Å². The Labute approximate surface area is 104 Å². The molecule has 0 aliphatic carbocycles. The SMILES string of the molecule is FC(F)(F)c1nccc(-c2ccc3ncoc3c2)n1. The number of alkyl halides is 3. The summed E-state index contributed by atoms with van der Waals surface area (Å²) in [7, 11) is 0. The lowest BCUT2D eigenvalue weighted by Crippen LogP contribution is -2.10. The summed E-state index contributed by atoms with van der Waals surface area (Å²) < 4.78 is 42.7. The van der Waals surface area contributed by atoms with E-state index in [1.54, 1.807) is 18.2 Å². The fourth-order valence-corrected chi connectivity index (χ4v) is 1.67. The van der Waals surface area contributed by atoms with Crippen LogP contribution in [-0.2, 0) is 6.18 Å². The largest absolute Gasteiger partial charge is 0.451 e. The molecule has 3 aromatic rings. The maximum Gasteiger partial charge on any atom is 0.451 e. The van der Waals surface area contributed by atoms with E-state index in [0.29, 0.717) is 16.7 Å². The molecule has 0 unspecified atom stereocenters. The second-order valence-electron chi connectivity index (χ2n) is 3.80. The van der Waals surface area contributed by atoms with E-state index in [1.807, 2.05) is 0 Å². The highest BCUT2D eigenvalue weighted by atomic mass is 19.4. The van der Waals surface area contributed by atoms with Gasteiger partial charge in [-0.1, -0.05) is 6.07 Å². The van der Waals surface area contributed by atoms with Crippen molar-refractivity contribution in [3.05, 3.63) is 42.7 Å². The normalized spacial score (nSPS) is 11.9. The molecule has 0 saturated heterocycles. The summed E-state index contributed by atoms with van der Waals surface area (Å²) in [4.78, 5) is 10.7. The van der Waals surface area contributed by atoms with E-state index in [2.05, 4.69) is 15.0 Å². The van der Waals surface area contributed by atoms with Crippen molar-refractivity contribution >= 4 is 11.1 Å². The van der Waals surface area contributed by atoms with Crippen LogP contribution in [0.3, 0.4) is 0 Å². The van der Waals surface area contributed by atoms with Gasteiger partial charge in [-0.3, -0.25) is 0 Å². The minimum absolute atomic E-state index is 0.181. The number of rotatable bonds is 1. The van der Waals surface area contributed by atoms with Gasteiger partial charge in [0.15, 0.2) is 12.0 Å². The first-order chi connectivity index (χ1) is 9.04. The Morgan fingerprint density at radius 3 is 2.68 bits per heavy atom. The van der Waals surface area contributed by atoms with Gasteiger partial charge in [0.2, 0.25) is 5.82 Å². The van der Waals surface area contributed by atoms with Gasteiger partial charge in [-0.15, -0.1) is 0 Å². The monoisotopic (exact) mass is 265 g/mol. The maximum atomic E-state index is 12.5. The molecule has 1 aromatic carbocycles. The predicted molar refractivity (Wildman–Crippen MR) is 60.0 cm³/mol. The summed E-state index contributed by atoms with van der Waals surface area (Å²) in [6.07, 6.45) is -2.21. The number of nitrogens with zero attached hydrogens (tertiary/aromatic N) is 3. The third kappa shape index (κ3) is 2.14. The van der Waals surface area contributed by atoms with Gasteiger partial charge < -0.3 is 4.42 Å². The molecule has 96 valence electrons. The smallest absolute Gasteiger partial charge is 0.443 e. The molecule has 7 heteroatoms. The molecule has 0 radical (unpaired) electrons. The molecule has 0 bridgehead atoms. The second kappa shape index (κ2) is 4.04. The maximum absolute atomic E-state index is 12.5. The zero-order chi connectivity index (χ0) is 13.5. The molecule has 2 aromatic heterocycles. The molecular weight excluding hydrogens is 259 g/mol. The molecule has 0 fully saturated rings. The van der Waals surface area contributed by atoms with Gasteiger partial charge >= 0.3 is 6.18 Å². The number of hydrogen-bond acceptors (Lipinski definition) is 4. The third-order valence-corrected chi connectivity index (χ3v) is 2.54. The number of oxazole rings is 1. The lowest BCUT2D eigenvalue weighted by Gasteiger charge is -2.06. The first kappa shape index (κ1) is 11.6. The average Bonchev–Trinajstić information content (AvgIpc) is 2.85. The summed E-state index contributed by atoms with van der Waals surface area (Å²) >= 11 is 0. The van der Waals surface area contributed by atoms with Gasteiger partial charge in [0.25, 0.3) is 0 Å². The van der Waals surface area contributed by atoms with Crippen molar-refractivity contribution in [2.24, 2.45) is 0 Å². The lowest BCUT2D eigenvalue weighted by atomic mass is 10.1. The number of benzene rings is 1. The van der Waals surface area contributed by atoms with Crippen LogP contribution >= 0.6 is 0 Å². The number of aromatic nitrogens is 3. The van der Waals surface area contributed by atoms with Gasteiger partial charge in [-0.25, -0.2) is 15.0 Å². The van der Waals surface area contributed by atoms with Crippen LogP contribution < -0.4 is 0 Å². The van der Waals surface area contributed by atoms with E-state index in [1.165, 1.54) is 12.5 Å². The van der Waals surface area contributed by atoms with Crippen molar-refractivity contribution in [3.63, 3.8) is 0 Å². The Bertz CT molecular complexity index is 736. The molecule has 0 N–H and O–H groups in total. The molecule has 19 heavy (non-hydrogen) atoms. The van der Waals surface area contributed by atoms with Crippen LogP contribution in [0, 0.1) is 0 Å². The summed E-state index contributed by atoms with van der Waals surface area (Å²) in [5.41, 5.74) is 1.82. The molecule has 3 rings (SSSR count). The Morgan fingerprint density at radius 1 is 1.05 bits per heavy atom. The number of hydrogen-bond donors (Lipinski definition) is 0. The van der Waals surface area contributed by atoms with E-state index < -0.39 is 12.0 Å². The molecule has 0 saturated carbocycles. The van der Waals surface area contributed by atoms with Crippen molar-refractivity contribution in [3.8, 4) is 11.3 Å². The van der Waals surface area contributed by atoms with Crippen LogP contribution in [0.5, 0.6) is 0 Å². The summed E-state index contributed by atoms with van der Waals surface area (Å²) in [5.74, 6) is -1.16. The Hall–Kier alpha value is -2.44. The molecule has 0 aliphatic rings. The standard InChI is InChI=1S/C12H6F3N3O/c13-12(14,15)11-16-4-3-8(18-11)7-1-2-9-10(5-7)19-6-17-9/h1-6H. The highest BCUT2D eigenvalue weighted by Gasteiger charge is 2.34. The summed E-state index contributed by atoms with van der Waals surface area (Å²) in [5, 5.41) is 0. The van der Waals surface area contributed by atoms with E-state index in [-0.39, 0.29) is 5.69 Å². The third-order valence-electron chi connectivity index (χ3n) is 2.54. The highest BCUT2D eigenvalue weighted by molar-refractivity contribution is 5.78. The molecule has 4 nitrogen and oxygen atoms in total. The Morgan fingerprint density at radius 2 is 1.89 bits per heavy atom. The van der Waals surface area contributed by atoms with Crippen molar-refractivity contribution in [2.75, 3.05) is 0 Å². The van der Waals surface area contributed by atoms with Crippen LogP contribution in [0.2, 0.25) is 0 Å². The van der Waals surface area contributed by atoms with Crippen molar-refractivity contribution in [1.29, 1.82) is 0 Å².